The summed E-state index contributed by atoms with van der Waals surface area (Å²) in [4.78, 5) is 13.8. The lowest BCUT2D eigenvalue weighted by Gasteiger charge is -2.18. The molecule has 1 amide bonds. The third kappa shape index (κ3) is 2.43. The van der Waals surface area contributed by atoms with Crippen molar-refractivity contribution < 1.29 is 4.79 Å². The quantitative estimate of drug-likeness (QED) is 0.703. The molecule has 0 spiro atoms. The van der Waals surface area contributed by atoms with Crippen molar-refractivity contribution in [3.8, 4) is 12.3 Å². The highest BCUT2D eigenvalue weighted by Gasteiger charge is 2.27. The molecule has 1 fully saturated rings. The van der Waals surface area contributed by atoms with Crippen molar-refractivity contribution >= 4 is 5.91 Å². The molecule has 0 radical (unpaired) electrons. The van der Waals surface area contributed by atoms with Gasteiger partial charge in [-0.25, -0.2) is 0 Å². The lowest BCUT2D eigenvalue weighted by Crippen LogP contribution is -2.33. The Bertz CT molecular complexity index is 426. The van der Waals surface area contributed by atoms with E-state index in [-0.39, 0.29) is 5.91 Å². The Morgan fingerprint density at radius 1 is 1.75 bits per heavy atom. The number of carbonyl (C=O) groups excluding carboxylic acids is 1. The minimum Gasteiger partial charge on any atom is -0.326 e. The Kier molecular flexibility index (Phi) is 2.95. The van der Waals surface area contributed by atoms with Crippen molar-refractivity contribution in [3.63, 3.8) is 0 Å². The smallest absolute Gasteiger partial charge is 0.275 e. The first-order chi connectivity index (χ1) is 7.70. The average Bonchev–Trinajstić information content (AvgIpc) is 2.97. The molecule has 0 saturated heterocycles. The summed E-state index contributed by atoms with van der Waals surface area (Å²) >= 11 is 0. The van der Waals surface area contributed by atoms with Crippen molar-refractivity contribution in [2.45, 2.75) is 12.8 Å². The van der Waals surface area contributed by atoms with Crippen LogP contribution in [0.25, 0.3) is 0 Å². The van der Waals surface area contributed by atoms with Crippen LogP contribution in [0.2, 0.25) is 0 Å². The van der Waals surface area contributed by atoms with Gasteiger partial charge in [-0.1, -0.05) is 5.92 Å². The maximum atomic E-state index is 12.1. The van der Waals surface area contributed by atoms with E-state index in [0.717, 1.165) is 6.54 Å². The van der Waals surface area contributed by atoms with Crippen LogP contribution in [0.15, 0.2) is 12.3 Å². The summed E-state index contributed by atoms with van der Waals surface area (Å²) in [5, 5.41) is 4.10. The summed E-state index contributed by atoms with van der Waals surface area (Å²) in [5.41, 5.74) is 0.471. The van der Waals surface area contributed by atoms with Crippen molar-refractivity contribution in [1.29, 1.82) is 0 Å². The molecule has 0 N–H and O–H groups in total. The van der Waals surface area contributed by atoms with Gasteiger partial charge in [-0.15, -0.1) is 6.42 Å². The largest absolute Gasteiger partial charge is 0.326 e. The maximum Gasteiger partial charge on any atom is 0.275 e. The molecule has 84 valence electrons. The first-order valence-electron chi connectivity index (χ1n) is 5.43. The standard InChI is InChI=1S/C12H15N3O/c1-3-7-15(9-10-4-5-10)12(16)11-6-8-14(2)13-11/h1,6,8,10H,4-5,7,9H2,2H3. The normalized spacial score (nSPS) is 14.5. The molecule has 4 heteroatoms. The van der Waals surface area contributed by atoms with Gasteiger partial charge in [0.1, 0.15) is 5.69 Å². The highest BCUT2D eigenvalue weighted by Crippen LogP contribution is 2.29. The van der Waals surface area contributed by atoms with E-state index in [4.69, 9.17) is 6.42 Å². The highest BCUT2D eigenvalue weighted by molar-refractivity contribution is 5.92. The van der Waals surface area contributed by atoms with Crippen molar-refractivity contribution in [2.75, 3.05) is 13.1 Å². The molecule has 1 aliphatic carbocycles. The van der Waals surface area contributed by atoms with Gasteiger partial charge in [-0.05, 0) is 24.8 Å². The van der Waals surface area contributed by atoms with Gasteiger partial charge in [-0.2, -0.15) is 5.10 Å². The third-order valence-electron chi connectivity index (χ3n) is 2.68. The van der Waals surface area contributed by atoms with Crippen LogP contribution in [0.1, 0.15) is 23.3 Å². The average molecular weight is 217 g/mol. The molecule has 16 heavy (non-hydrogen) atoms. The van der Waals surface area contributed by atoms with Crippen LogP contribution >= 0.6 is 0 Å². The summed E-state index contributed by atoms with van der Waals surface area (Å²) in [6, 6.07) is 1.72. The topological polar surface area (TPSA) is 38.1 Å². The van der Waals surface area contributed by atoms with Gasteiger partial charge in [0, 0.05) is 19.8 Å². The number of nitrogens with zero attached hydrogens (tertiary/aromatic N) is 3. The minimum absolute atomic E-state index is 0.0644. The van der Waals surface area contributed by atoms with Crippen molar-refractivity contribution in [1.82, 2.24) is 14.7 Å². The highest BCUT2D eigenvalue weighted by atomic mass is 16.2. The molecule has 1 aliphatic rings. The molecular formula is C12H15N3O. The Balaban J connectivity index is 2.06. The van der Waals surface area contributed by atoms with Gasteiger partial charge in [0.25, 0.3) is 5.91 Å². The Morgan fingerprint density at radius 2 is 2.50 bits per heavy atom. The zero-order chi connectivity index (χ0) is 11.5. The van der Waals surface area contributed by atoms with E-state index >= 15 is 0 Å². The molecule has 0 aromatic carbocycles. The molecular weight excluding hydrogens is 202 g/mol. The fourth-order valence-electron chi connectivity index (χ4n) is 1.63. The number of hydrogen-bond donors (Lipinski definition) is 0. The van der Waals surface area contributed by atoms with Crippen LogP contribution in [0.3, 0.4) is 0 Å². The van der Waals surface area contributed by atoms with Gasteiger partial charge in [0.05, 0.1) is 6.54 Å². The van der Waals surface area contributed by atoms with E-state index in [2.05, 4.69) is 11.0 Å². The van der Waals surface area contributed by atoms with E-state index in [0.29, 0.717) is 18.2 Å². The van der Waals surface area contributed by atoms with Crippen LogP contribution in [0, 0.1) is 18.3 Å². The number of carbonyl (C=O) groups is 1. The third-order valence-corrected chi connectivity index (χ3v) is 2.68. The summed E-state index contributed by atoms with van der Waals surface area (Å²) in [6.45, 7) is 1.13. The second-order valence-electron chi connectivity index (χ2n) is 4.21. The second kappa shape index (κ2) is 4.40. The predicted octanol–water partition coefficient (Wildman–Crippen LogP) is 0.905. The van der Waals surface area contributed by atoms with Crippen molar-refractivity contribution in [3.05, 3.63) is 18.0 Å². The summed E-state index contributed by atoms with van der Waals surface area (Å²) in [7, 11) is 1.79. The monoisotopic (exact) mass is 217 g/mol. The number of rotatable bonds is 4. The molecule has 4 nitrogen and oxygen atoms in total. The van der Waals surface area contributed by atoms with Crippen LogP contribution in [-0.2, 0) is 7.05 Å². The van der Waals surface area contributed by atoms with Gasteiger partial charge in [0.2, 0.25) is 0 Å². The van der Waals surface area contributed by atoms with Gasteiger partial charge < -0.3 is 4.90 Å². The van der Waals surface area contributed by atoms with E-state index < -0.39 is 0 Å². The van der Waals surface area contributed by atoms with Gasteiger partial charge in [0.15, 0.2) is 0 Å². The molecule has 1 aromatic heterocycles. The molecule has 1 aromatic rings. The van der Waals surface area contributed by atoms with E-state index in [1.165, 1.54) is 12.8 Å². The Morgan fingerprint density at radius 3 is 3.00 bits per heavy atom. The van der Waals surface area contributed by atoms with Gasteiger partial charge in [-0.3, -0.25) is 9.48 Å². The molecule has 0 aliphatic heterocycles. The Hall–Kier alpha value is -1.76. The second-order valence-corrected chi connectivity index (χ2v) is 4.21. The molecule has 2 rings (SSSR count). The lowest BCUT2D eigenvalue weighted by atomic mass is 10.3. The summed E-state index contributed by atoms with van der Waals surface area (Å²) in [6.07, 6.45) is 9.45. The maximum absolute atomic E-state index is 12.1. The zero-order valence-electron chi connectivity index (χ0n) is 9.39. The molecule has 0 bridgehead atoms. The number of aromatic nitrogens is 2. The molecule has 1 heterocycles. The molecule has 0 unspecified atom stereocenters. The van der Waals surface area contributed by atoms with Crippen LogP contribution < -0.4 is 0 Å². The van der Waals surface area contributed by atoms with Crippen LogP contribution in [0.4, 0.5) is 0 Å². The summed E-state index contributed by atoms with van der Waals surface area (Å²) < 4.78 is 1.62. The van der Waals surface area contributed by atoms with E-state index in [1.54, 1.807) is 28.9 Å². The lowest BCUT2D eigenvalue weighted by molar-refractivity contribution is 0.0763. The Labute approximate surface area is 95.2 Å². The first-order valence-corrected chi connectivity index (χ1v) is 5.43. The zero-order valence-corrected chi connectivity index (χ0v) is 9.39. The summed E-state index contributed by atoms with van der Waals surface area (Å²) in [5.74, 6) is 3.10. The first kappa shape index (κ1) is 10.7. The minimum atomic E-state index is -0.0644. The van der Waals surface area contributed by atoms with E-state index in [1.807, 2.05) is 0 Å². The van der Waals surface area contributed by atoms with E-state index in [9.17, 15) is 4.79 Å². The molecule has 1 saturated carbocycles. The fourth-order valence-corrected chi connectivity index (χ4v) is 1.63. The number of amides is 1. The van der Waals surface area contributed by atoms with Crippen LogP contribution in [-0.4, -0.2) is 33.7 Å². The molecule has 0 atom stereocenters. The fraction of sp³-hybridized carbons (Fsp3) is 0.500. The van der Waals surface area contributed by atoms with Crippen molar-refractivity contribution in [2.24, 2.45) is 13.0 Å². The number of hydrogen-bond acceptors (Lipinski definition) is 2. The van der Waals surface area contributed by atoms with Crippen LogP contribution in [0.5, 0.6) is 0 Å². The SMILES string of the molecule is C#CCN(CC1CC1)C(=O)c1ccn(C)n1. The predicted molar refractivity (Wildman–Crippen MR) is 60.7 cm³/mol. The van der Waals surface area contributed by atoms with Gasteiger partial charge >= 0.3 is 0 Å². The number of aryl methyl sites for hydroxylation is 1. The number of terminal acetylenes is 1.